The van der Waals surface area contributed by atoms with Gasteiger partial charge in [0.25, 0.3) is 5.91 Å². The lowest BCUT2D eigenvalue weighted by Gasteiger charge is -2.28. The number of carbonyl (C=O) groups excluding carboxylic acids is 1. The summed E-state index contributed by atoms with van der Waals surface area (Å²) >= 11 is 5.96. The number of aromatic nitrogens is 3. The van der Waals surface area contributed by atoms with Gasteiger partial charge in [0.2, 0.25) is 11.7 Å². The first-order chi connectivity index (χ1) is 11.7. The summed E-state index contributed by atoms with van der Waals surface area (Å²) in [5.74, 6) is 1.04. The zero-order valence-corrected chi connectivity index (χ0v) is 13.1. The summed E-state index contributed by atoms with van der Waals surface area (Å²) in [6.07, 6.45) is 1.65. The Hall–Kier alpha value is -2.93. The summed E-state index contributed by atoms with van der Waals surface area (Å²) in [6.45, 7) is 0.0885. The molecule has 2 aromatic heterocycles. The highest BCUT2D eigenvalue weighted by Crippen LogP contribution is 2.35. The van der Waals surface area contributed by atoms with Gasteiger partial charge in [-0.2, -0.15) is 4.98 Å². The van der Waals surface area contributed by atoms with E-state index in [4.69, 9.17) is 20.9 Å². The van der Waals surface area contributed by atoms with Crippen molar-refractivity contribution in [3.63, 3.8) is 0 Å². The summed E-state index contributed by atoms with van der Waals surface area (Å²) < 4.78 is 10.7. The first kappa shape index (κ1) is 14.6. The van der Waals surface area contributed by atoms with Gasteiger partial charge in [-0.15, -0.1) is 0 Å². The Morgan fingerprint density at radius 2 is 2.17 bits per heavy atom. The van der Waals surface area contributed by atoms with Crippen LogP contribution in [-0.2, 0) is 11.3 Å². The fraction of sp³-hybridized carbons (Fsp3) is 0.125. The Bertz CT molecular complexity index is 897. The van der Waals surface area contributed by atoms with Crippen molar-refractivity contribution >= 4 is 23.2 Å². The van der Waals surface area contributed by atoms with Crippen LogP contribution in [0.25, 0.3) is 11.5 Å². The van der Waals surface area contributed by atoms with Crippen molar-refractivity contribution < 1.29 is 14.1 Å². The number of anilines is 1. The van der Waals surface area contributed by atoms with Gasteiger partial charge in [-0.3, -0.25) is 14.7 Å². The fourth-order valence-electron chi connectivity index (χ4n) is 2.41. The second-order valence-corrected chi connectivity index (χ2v) is 5.54. The molecule has 3 aromatic rings. The van der Waals surface area contributed by atoms with Crippen molar-refractivity contribution in [2.24, 2.45) is 0 Å². The van der Waals surface area contributed by atoms with Crippen LogP contribution in [0, 0.1) is 0 Å². The van der Waals surface area contributed by atoms with Crippen molar-refractivity contribution in [3.8, 4) is 17.3 Å². The van der Waals surface area contributed by atoms with E-state index in [9.17, 15) is 4.79 Å². The first-order valence-corrected chi connectivity index (χ1v) is 7.55. The molecule has 3 heterocycles. The predicted octanol–water partition coefficient (Wildman–Crippen LogP) is 2.71. The van der Waals surface area contributed by atoms with Gasteiger partial charge in [-0.1, -0.05) is 22.8 Å². The van der Waals surface area contributed by atoms with Crippen LogP contribution in [0.1, 0.15) is 5.89 Å². The molecule has 4 rings (SSSR count). The summed E-state index contributed by atoms with van der Waals surface area (Å²) in [5, 5.41) is 4.45. The van der Waals surface area contributed by atoms with Gasteiger partial charge in [-0.25, -0.2) is 0 Å². The molecule has 0 fully saturated rings. The van der Waals surface area contributed by atoms with Crippen LogP contribution in [-0.4, -0.2) is 27.6 Å². The smallest absolute Gasteiger partial charge is 0.265 e. The number of hydrogen-bond donors (Lipinski definition) is 0. The maximum atomic E-state index is 12.2. The van der Waals surface area contributed by atoms with E-state index in [2.05, 4.69) is 15.1 Å². The molecule has 1 aliphatic heterocycles. The average Bonchev–Trinajstić information content (AvgIpc) is 3.07. The van der Waals surface area contributed by atoms with Gasteiger partial charge < -0.3 is 9.26 Å². The van der Waals surface area contributed by atoms with E-state index >= 15 is 0 Å². The zero-order valence-electron chi connectivity index (χ0n) is 12.3. The minimum atomic E-state index is -0.192. The third-order valence-corrected chi connectivity index (χ3v) is 3.76. The van der Waals surface area contributed by atoms with E-state index in [-0.39, 0.29) is 19.1 Å². The van der Waals surface area contributed by atoms with Crippen molar-refractivity contribution in [1.29, 1.82) is 0 Å². The number of halogens is 1. The molecule has 0 atom stereocenters. The molecule has 0 bridgehead atoms. The Morgan fingerprint density at radius 3 is 3.00 bits per heavy atom. The molecule has 24 heavy (non-hydrogen) atoms. The van der Waals surface area contributed by atoms with E-state index in [0.29, 0.717) is 33.9 Å². The van der Waals surface area contributed by atoms with Gasteiger partial charge in [0.15, 0.2) is 6.61 Å². The predicted molar refractivity (Wildman–Crippen MR) is 85.7 cm³/mol. The third-order valence-electron chi connectivity index (χ3n) is 3.52. The largest absolute Gasteiger partial charge is 0.482 e. The maximum Gasteiger partial charge on any atom is 0.265 e. The van der Waals surface area contributed by atoms with Crippen LogP contribution in [0.15, 0.2) is 47.1 Å². The van der Waals surface area contributed by atoms with Crippen LogP contribution in [0.2, 0.25) is 5.02 Å². The Balaban J connectivity index is 1.62. The summed E-state index contributed by atoms with van der Waals surface area (Å²) in [7, 11) is 0. The number of hydrogen-bond acceptors (Lipinski definition) is 6. The highest BCUT2D eigenvalue weighted by atomic mass is 35.5. The lowest BCUT2D eigenvalue weighted by molar-refractivity contribution is -0.121. The molecule has 1 amide bonds. The van der Waals surface area contributed by atoms with Gasteiger partial charge in [-0.05, 0) is 24.3 Å². The molecule has 8 heteroatoms. The normalized spacial score (nSPS) is 13.5. The molecule has 0 saturated carbocycles. The molecule has 0 unspecified atom stereocenters. The summed E-state index contributed by atoms with van der Waals surface area (Å²) in [5.41, 5.74) is 1.22. The zero-order chi connectivity index (χ0) is 16.5. The third kappa shape index (κ3) is 2.69. The number of fused-ring (bicyclic) bond motifs is 1. The SMILES string of the molecule is O=C1COc2cc(Cl)ccc2N1Cc1nc(-c2ccccn2)no1. The van der Waals surface area contributed by atoms with Gasteiger partial charge in [0.05, 0.1) is 5.69 Å². The van der Waals surface area contributed by atoms with Crippen LogP contribution in [0.5, 0.6) is 5.75 Å². The quantitative estimate of drug-likeness (QED) is 0.728. The van der Waals surface area contributed by atoms with E-state index in [0.717, 1.165) is 0 Å². The number of amides is 1. The Morgan fingerprint density at radius 1 is 1.25 bits per heavy atom. The monoisotopic (exact) mass is 342 g/mol. The molecule has 0 saturated heterocycles. The summed E-state index contributed by atoms with van der Waals surface area (Å²) in [6, 6.07) is 10.5. The number of benzene rings is 1. The van der Waals surface area contributed by atoms with E-state index in [1.165, 1.54) is 4.90 Å². The number of rotatable bonds is 3. The first-order valence-electron chi connectivity index (χ1n) is 7.17. The molecule has 1 aromatic carbocycles. The van der Waals surface area contributed by atoms with Crippen molar-refractivity contribution in [1.82, 2.24) is 15.1 Å². The van der Waals surface area contributed by atoms with Crippen molar-refractivity contribution in [2.45, 2.75) is 6.54 Å². The summed E-state index contributed by atoms with van der Waals surface area (Å²) in [4.78, 5) is 22.2. The number of carbonyl (C=O) groups is 1. The molecule has 1 aliphatic rings. The standard InChI is InChI=1S/C16H11ClN4O3/c17-10-4-5-12-13(7-10)23-9-15(22)21(12)8-14-19-16(20-24-14)11-3-1-2-6-18-11/h1-7H,8-9H2. The van der Waals surface area contributed by atoms with Gasteiger partial charge in [0, 0.05) is 17.3 Å². The Kier molecular flexibility index (Phi) is 3.62. The highest BCUT2D eigenvalue weighted by Gasteiger charge is 2.27. The van der Waals surface area contributed by atoms with Crippen molar-refractivity contribution in [3.05, 3.63) is 53.5 Å². The highest BCUT2D eigenvalue weighted by molar-refractivity contribution is 6.30. The van der Waals surface area contributed by atoms with E-state index in [1.54, 1.807) is 36.5 Å². The molecular weight excluding hydrogens is 332 g/mol. The maximum absolute atomic E-state index is 12.2. The van der Waals surface area contributed by atoms with Crippen LogP contribution >= 0.6 is 11.6 Å². The second-order valence-electron chi connectivity index (χ2n) is 5.11. The number of nitrogens with zero attached hydrogens (tertiary/aromatic N) is 4. The number of pyridine rings is 1. The second kappa shape index (κ2) is 5.93. The van der Waals surface area contributed by atoms with Crippen LogP contribution in [0.3, 0.4) is 0 Å². The van der Waals surface area contributed by atoms with Crippen LogP contribution < -0.4 is 9.64 Å². The molecule has 120 valence electrons. The minimum Gasteiger partial charge on any atom is -0.482 e. The van der Waals surface area contributed by atoms with E-state index in [1.807, 2.05) is 6.07 Å². The molecule has 0 N–H and O–H groups in total. The molecule has 0 aliphatic carbocycles. The van der Waals surface area contributed by atoms with Gasteiger partial charge in [0.1, 0.15) is 18.0 Å². The molecule has 0 radical (unpaired) electrons. The molecular formula is C16H11ClN4O3. The molecule has 0 spiro atoms. The lowest BCUT2D eigenvalue weighted by atomic mass is 10.2. The van der Waals surface area contributed by atoms with Gasteiger partial charge >= 0.3 is 0 Å². The lowest BCUT2D eigenvalue weighted by Crippen LogP contribution is -2.38. The number of ether oxygens (including phenoxy) is 1. The minimum absolute atomic E-state index is 0.0609. The topological polar surface area (TPSA) is 81.4 Å². The Labute approximate surface area is 141 Å². The van der Waals surface area contributed by atoms with Crippen LogP contribution in [0.4, 0.5) is 5.69 Å². The van der Waals surface area contributed by atoms with E-state index < -0.39 is 0 Å². The van der Waals surface area contributed by atoms with Crippen molar-refractivity contribution in [2.75, 3.05) is 11.5 Å². The average molecular weight is 343 g/mol. The fourth-order valence-corrected chi connectivity index (χ4v) is 2.57. The molecule has 7 nitrogen and oxygen atoms in total.